The van der Waals surface area contributed by atoms with Gasteiger partial charge in [-0.3, -0.25) is 4.79 Å². The molecule has 1 amide bonds. The minimum Gasteiger partial charge on any atom is -0.356 e. The third kappa shape index (κ3) is 5.10. The van der Waals surface area contributed by atoms with Crippen LogP contribution in [0.15, 0.2) is 0 Å². The largest absolute Gasteiger partial charge is 0.356 e. The Hall–Kier alpha value is -0.530. The normalized spacial score (nSPS) is 28.2. The van der Waals surface area contributed by atoms with E-state index in [-0.39, 0.29) is 0 Å². The van der Waals surface area contributed by atoms with Gasteiger partial charge in [0.1, 0.15) is 0 Å². The van der Waals surface area contributed by atoms with E-state index in [0.717, 1.165) is 44.1 Å². The number of amides is 1. The minimum absolute atomic E-state index is 0.314. The van der Waals surface area contributed by atoms with Crippen molar-refractivity contribution in [2.24, 2.45) is 17.8 Å². The number of hydrogen-bond acceptors (Lipinski definition) is 1. The van der Waals surface area contributed by atoms with Crippen molar-refractivity contribution in [1.29, 1.82) is 0 Å². The first-order valence-electron chi connectivity index (χ1n) is 9.07. The lowest BCUT2D eigenvalue weighted by Crippen LogP contribution is -2.34. The number of carbonyl (C=O) groups excluding carboxylic acids is 1. The van der Waals surface area contributed by atoms with Gasteiger partial charge in [-0.25, -0.2) is 0 Å². The summed E-state index contributed by atoms with van der Waals surface area (Å²) in [6.45, 7) is 3.04. The van der Waals surface area contributed by atoms with Crippen molar-refractivity contribution in [3.8, 4) is 0 Å². The van der Waals surface area contributed by atoms with Gasteiger partial charge in [-0.05, 0) is 50.4 Å². The average Bonchev–Trinajstić information content (AvgIpc) is 2.49. The number of unbranched alkanes of at least 4 members (excludes halogenated alkanes) is 1. The van der Waals surface area contributed by atoms with Crippen LogP contribution in [-0.4, -0.2) is 12.5 Å². The summed E-state index contributed by atoms with van der Waals surface area (Å²) in [5, 5.41) is 3.11. The Morgan fingerprint density at radius 1 is 0.950 bits per heavy atom. The number of nitrogens with one attached hydrogen (secondary N) is 1. The highest BCUT2D eigenvalue weighted by Gasteiger charge is 2.27. The fourth-order valence-electron chi connectivity index (χ4n) is 4.09. The van der Waals surface area contributed by atoms with Crippen LogP contribution in [0.25, 0.3) is 0 Å². The minimum atomic E-state index is 0.314. The SMILES string of the molecule is CCCCNC(=O)C1CCC(CC2CCCCC2)CC1. The molecule has 0 atom stereocenters. The van der Waals surface area contributed by atoms with Crippen LogP contribution in [0.3, 0.4) is 0 Å². The molecule has 2 aliphatic rings. The average molecular weight is 279 g/mol. The van der Waals surface area contributed by atoms with Crippen LogP contribution in [-0.2, 0) is 4.79 Å². The standard InChI is InChI=1S/C18H33NO/c1-2-3-13-19-18(20)17-11-9-16(10-12-17)14-15-7-5-4-6-8-15/h15-17H,2-14H2,1H3,(H,19,20). The molecule has 2 fully saturated rings. The highest BCUT2D eigenvalue weighted by atomic mass is 16.1. The van der Waals surface area contributed by atoms with Gasteiger partial charge in [0.25, 0.3) is 0 Å². The maximum Gasteiger partial charge on any atom is 0.223 e. The first-order valence-corrected chi connectivity index (χ1v) is 9.07. The van der Waals surface area contributed by atoms with Gasteiger partial charge in [0.05, 0.1) is 0 Å². The Labute approximate surface area is 125 Å². The van der Waals surface area contributed by atoms with Gasteiger partial charge in [0.15, 0.2) is 0 Å². The van der Waals surface area contributed by atoms with Gasteiger partial charge >= 0.3 is 0 Å². The summed E-state index contributed by atoms with van der Waals surface area (Å²) >= 11 is 0. The molecule has 0 aromatic heterocycles. The van der Waals surface area contributed by atoms with Gasteiger partial charge in [0.2, 0.25) is 5.91 Å². The number of rotatable bonds is 6. The van der Waals surface area contributed by atoms with Gasteiger partial charge in [-0.1, -0.05) is 45.4 Å². The zero-order valence-electron chi connectivity index (χ0n) is 13.3. The molecule has 2 nitrogen and oxygen atoms in total. The second kappa shape index (κ2) is 8.69. The smallest absolute Gasteiger partial charge is 0.223 e. The first kappa shape index (κ1) is 15.9. The second-order valence-electron chi connectivity index (χ2n) is 7.10. The summed E-state index contributed by atoms with van der Waals surface area (Å²) in [5.74, 6) is 2.56. The Morgan fingerprint density at radius 3 is 2.25 bits per heavy atom. The lowest BCUT2D eigenvalue weighted by Gasteiger charge is -2.31. The van der Waals surface area contributed by atoms with Gasteiger partial charge in [-0.15, -0.1) is 0 Å². The maximum absolute atomic E-state index is 12.1. The molecule has 2 rings (SSSR count). The van der Waals surface area contributed by atoms with Gasteiger partial charge in [-0.2, -0.15) is 0 Å². The van der Waals surface area contributed by atoms with Crippen LogP contribution in [0.5, 0.6) is 0 Å². The highest BCUT2D eigenvalue weighted by molar-refractivity contribution is 5.78. The van der Waals surface area contributed by atoms with Gasteiger partial charge < -0.3 is 5.32 Å². The maximum atomic E-state index is 12.1. The monoisotopic (exact) mass is 279 g/mol. The second-order valence-corrected chi connectivity index (χ2v) is 7.10. The van der Waals surface area contributed by atoms with E-state index in [2.05, 4.69) is 12.2 Å². The molecule has 0 spiro atoms. The fourth-order valence-corrected chi connectivity index (χ4v) is 4.09. The highest BCUT2D eigenvalue weighted by Crippen LogP contribution is 2.36. The lowest BCUT2D eigenvalue weighted by molar-refractivity contribution is -0.126. The summed E-state index contributed by atoms with van der Waals surface area (Å²) in [7, 11) is 0. The zero-order chi connectivity index (χ0) is 14.2. The van der Waals surface area contributed by atoms with Crippen molar-refractivity contribution < 1.29 is 4.79 Å². The van der Waals surface area contributed by atoms with Crippen molar-refractivity contribution in [3.63, 3.8) is 0 Å². The molecule has 2 aliphatic carbocycles. The Kier molecular flexibility index (Phi) is 6.89. The molecule has 0 bridgehead atoms. The topological polar surface area (TPSA) is 29.1 Å². The van der Waals surface area contributed by atoms with E-state index in [4.69, 9.17) is 0 Å². The predicted molar refractivity (Wildman–Crippen MR) is 84.6 cm³/mol. The first-order chi connectivity index (χ1) is 9.79. The molecule has 2 heteroatoms. The Balaban J connectivity index is 1.62. The van der Waals surface area contributed by atoms with Crippen molar-refractivity contribution in [2.75, 3.05) is 6.54 Å². The van der Waals surface area contributed by atoms with E-state index in [1.807, 2.05) is 0 Å². The van der Waals surface area contributed by atoms with E-state index >= 15 is 0 Å². The third-order valence-electron chi connectivity index (χ3n) is 5.44. The van der Waals surface area contributed by atoms with Crippen molar-refractivity contribution in [1.82, 2.24) is 5.32 Å². The van der Waals surface area contributed by atoms with E-state index in [1.54, 1.807) is 0 Å². The Morgan fingerprint density at radius 2 is 1.60 bits per heavy atom. The van der Waals surface area contributed by atoms with E-state index in [9.17, 15) is 4.79 Å². The predicted octanol–water partition coefficient (Wildman–Crippen LogP) is 4.68. The summed E-state index contributed by atoms with van der Waals surface area (Å²) in [6.07, 6.45) is 15.9. The molecule has 0 saturated heterocycles. The van der Waals surface area contributed by atoms with Crippen LogP contribution in [0.2, 0.25) is 0 Å². The van der Waals surface area contributed by atoms with Crippen LogP contribution < -0.4 is 5.32 Å². The summed E-state index contributed by atoms with van der Waals surface area (Å²) in [4.78, 5) is 12.1. The molecule has 0 aromatic carbocycles. The van der Waals surface area contributed by atoms with Crippen LogP contribution >= 0.6 is 0 Å². The molecule has 0 aromatic rings. The Bertz CT molecular complexity index is 275. The number of carbonyl (C=O) groups is 1. The molecule has 0 unspecified atom stereocenters. The molecule has 1 N–H and O–H groups in total. The summed E-state index contributed by atoms with van der Waals surface area (Å²) in [5.41, 5.74) is 0. The van der Waals surface area contributed by atoms with E-state index in [0.29, 0.717) is 11.8 Å². The van der Waals surface area contributed by atoms with Crippen LogP contribution in [0.1, 0.15) is 84.0 Å². The van der Waals surface area contributed by atoms with Crippen molar-refractivity contribution in [3.05, 3.63) is 0 Å². The molecule has 2 saturated carbocycles. The third-order valence-corrected chi connectivity index (χ3v) is 5.44. The summed E-state index contributed by atoms with van der Waals surface area (Å²) < 4.78 is 0. The van der Waals surface area contributed by atoms with E-state index < -0.39 is 0 Å². The van der Waals surface area contributed by atoms with Crippen molar-refractivity contribution >= 4 is 5.91 Å². The lowest BCUT2D eigenvalue weighted by atomic mass is 9.75. The fraction of sp³-hybridized carbons (Fsp3) is 0.944. The number of hydrogen-bond donors (Lipinski definition) is 1. The molecule has 116 valence electrons. The van der Waals surface area contributed by atoms with Crippen molar-refractivity contribution in [2.45, 2.75) is 84.0 Å². The van der Waals surface area contributed by atoms with Gasteiger partial charge in [0, 0.05) is 12.5 Å². The van der Waals surface area contributed by atoms with Crippen LogP contribution in [0.4, 0.5) is 0 Å². The molecular formula is C18H33NO. The van der Waals surface area contributed by atoms with Crippen LogP contribution in [0, 0.1) is 17.8 Å². The molecule has 20 heavy (non-hydrogen) atoms. The quantitative estimate of drug-likeness (QED) is 0.703. The molecule has 0 radical (unpaired) electrons. The summed E-state index contributed by atoms with van der Waals surface area (Å²) in [6, 6.07) is 0. The molecule has 0 aliphatic heterocycles. The zero-order valence-corrected chi connectivity index (χ0v) is 13.3. The molecule has 0 heterocycles. The van der Waals surface area contributed by atoms with E-state index in [1.165, 1.54) is 51.4 Å². The molecular weight excluding hydrogens is 246 g/mol.